The van der Waals surface area contributed by atoms with Gasteiger partial charge in [0.2, 0.25) is 5.91 Å². The Hall–Kier alpha value is -0.620. The van der Waals surface area contributed by atoms with Gasteiger partial charge in [-0.2, -0.15) is 0 Å². The van der Waals surface area contributed by atoms with Crippen LogP contribution in [0.1, 0.15) is 12.8 Å². The van der Waals surface area contributed by atoms with Crippen LogP contribution >= 0.6 is 0 Å². The SMILES string of the molecule is O=C(NC1CC1)C1CNCCS1(=O)=O. The van der Waals surface area contributed by atoms with Crippen LogP contribution in [0.4, 0.5) is 0 Å². The average Bonchev–Trinajstić information content (AvgIpc) is 2.87. The molecule has 6 heteroatoms. The highest BCUT2D eigenvalue weighted by molar-refractivity contribution is 7.92. The van der Waals surface area contributed by atoms with Gasteiger partial charge in [-0.05, 0) is 12.8 Å². The van der Waals surface area contributed by atoms with E-state index in [0.717, 1.165) is 12.8 Å². The molecule has 1 saturated heterocycles. The number of hydrogen-bond acceptors (Lipinski definition) is 4. The molecule has 0 aromatic heterocycles. The van der Waals surface area contributed by atoms with Crippen molar-refractivity contribution in [2.75, 3.05) is 18.8 Å². The number of carbonyl (C=O) groups excluding carboxylic acids is 1. The quantitative estimate of drug-likeness (QED) is 0.601. The fourth-order valence-corrected chi connectivity index (χ4v) is 2.97. The molecule has 0 aromatic carbocycles. The van der Waals surface area contributed by atoms with Crippen LogP contribution in [0.5, 0.6) is 0 Å². The summed E-state index contributed by atoms with van der Waals surface area (Å²) in [4.78, 5) is 11.5. The van der Waals surface area contributed by atoms with Crippen molar-refractivity contribution in [3.8, 4) is 0 Å². The van der Waals surface area contributed by atoms with E-state index in [9.17, 15) is 13.2 Å². The van der Waals surface area contributed by atoms with Gasteiger partial charge < -0.3 is 10.6 Å². The second-order valence-electron chi connectivity index (χ2n) is 3.84. The third kappa shape index (κ3) is 2.06. The molecule has 0 radical (unpaired) electrons. The Bertz CT molecular complexity index is 334. The van der Waals surface area contributed by atoms with Crippen LogP contribution in [0.2, 0.25) is 0 Å². The minimum absolute atomic E-state index is 0.0652. The maximum Gasteiger partial charge on any atom is 0.239 e. The molecular weight excluding hydrogens is 204 g/mol. The predicted octanol–water partition coefficient (Wildman–Crippen LogP) is -1.35. The first kappa shape index (κ1) is 9.92. The van der Waals surface area contributed by atoms with E-state index >= 15 is 0 Å². The highest BCUT2D eigenvalue weighted by Gasteiger charge is 2.37. The topological polar surface area (TPSA) is 75.3 Å². The van der Waals surface area contributed by atoms with Gasteiger partial charge in [0.1, 0.15) is 0 Å². The van der Waals surface area contributed by atoms with Crippen LogP contribution < -0.4 is 10.6 Å². The number of nitrogens with one attached hydrogen (secondary N) is 2. The molecule has 5 nitrogen and oxygen atoms in total. The largest absolute Gasteiger partial charge is 0.352 e. The monoisotopic (exact) mass is 218 g/mol. The van der Waals surface area contributed by atoms with Crippen molar-refractivity contribution in [3.05, 3.63) is 0 Å². The zero-order valence-corrected chi connectivity index (χ0v) is 8.64. The summed E-state index contributed by atoms with van der Waals surface area (Å²) in [6.07, 6.45) is 1.96. The van der Waals surface area contributed by atoms with Crippen molar-refractivity contribution in [3.63, 3.8) is 0 Å². The third-order valence-electron chi connectivity index (χ3n) is 2.54. The first-order chi connectivity index (χ1) is 6.59. The van der Waals surface area contributed by atoms with Crippen LogP contribution in [-0.2, 0) is 14.6 Å². The fourth-order valence-electron chi connectivity index (χ4n) is 1.49. The van der Waals surface area contributed by atoms with Crippen molar-refractivity contribution in [2.45, 2.75) is 24.1 Å². The van der Waals surface area contributed by atoms with E-state index in [1.54, 1.807) is 0 Å². The lowest BCUT2D eigenvalue weighted by Crippen LogP contribution is -2.52. The normalized spacial score (nSPS) is 31.0. The van der Waals surface area contributed by atoms with Gasteiger partial charge >= 0.3 is 0 Å². The number of rotatable bonds is 2. The lowest BCUT2D eigenvalue weighted by molar-refractivity contribution is -0.120. The summed E-state index contributed by atoms with van der Waals surface area (Å²) < 4.78 is 23.0. The van der Waals surface area contributed by atoms with Gasteiger partial charge in [-0.15, -0.1) is 0 Å². The Balaban J connectivity index is 2.02. The molecule has 0 spiro atoms. The fraction of sp³-hybridized carbons (Fsp3) is 0.875. The smallest absolute Gasteiger partial charge is 0.239 e. The van der Waals surface area contributed by atoms with Crippen molar-refractivity contribution < 1.29 is 13.2 Å². The second kappa shape index (κ2) is 3.51. The number of carbonyl (C=O) groups is 1. The lowest BCUT2D eigenvalue weighted by atomic mass is 10.3. The first-order valence-corrected chi connectivity index (χ1v) is 6.54. The Kier molecular flexibility index (Phi) is 2.48. The molecule has 1 aliphatic carbocycles. The zero-order valence-electron chi connectivity index (χ0n) is 7.82. The molecule has 2 fully saturated rings. The predicted molar refractivity (Wildman–Crippen MR) is 51.6 cm³/mol. The zero-order chi connectivity index (χ0) is 10.2. The van der Waals surface area contributed by atoms with E-state index in [4.69, 9.17) is 0 Å². The summed E-state index contributed by atoms with van der Waals surface area (Å²) in [5.74, 6) is -0.268. The summed E-state index contributed by atoms with van der Waals surface area (Å²) in [7, 11) is -3.22. The van der Waals surface area contributed by atoms with E-state index < -0.39 is 15.1 Å². The van der Waals surface area contributed by atoms with Crippen molar-refractivity contribution in [2.24, 2.45) is 0 Å². The molecule has 1 heterocycles. The van der Waals surface area contributed by atoms with Gasteiger partial charge in [0, 0.05) is 19.1 Å². The molecule has 1 aliphatic heterocycles. The Morgan fingerprint density at radius 2 is 2.07 bits per heavy atom. The highest BCUT2D eigenvalue weighted by Crippen LogP contribution is 2.19. The first-order valence-electron chi connectivity index (χ1n) is 4.82. The summed E-state index contributed by atoms with van der Waals surface area (Å²) >= 11 is 0. The van der Waals surface area contributed by atoms with Crippen molar-refractivity contribution in [1.29, 1.82) is 0 Å². The van der Waals surface area contributed by atoms with Gasteiger partial charge in [0.15, 0.2) is 15.1 Å². The molecule has 14 heavy (non-hydrogen) atoms. The molecular formula is C8H14N2O3S. The molecule has 0 bridgehead atoms. The Morgan fingerprint density at radius 1 is 1.36 bits per heavy atom. The summed E-state index contributed by atoms with van der Waals surface area (Å²) in [6, 6.07) is 0.222. The number of sulfone groups is 1. The minimum Gasteiger partial charge on any atom is -0.352 e. The van der Waals surface area contributed by atoms with Crippen LogP contribution in [0.25, 0.3) is 0 Å². The standard InChI is InChI=1S/C8H14N2O3S/c11-8(10-6-1-2-6)7-5-9-3-4-14(7,12)13/h6-7,9H,1-5H2,(H,10,11). The number of hydrogen-bond donors (Lipinski definition) is 2. The van der Waals surface area contributed by atoms with Gasteiger partial charge in [-0.3, -0.25) is 4.79 Å². The van der Waals surface area contributed by atoms with Crippen LogP contribution in [-0.4, -0.2) is 44.5 Å². The highest BCUT2D eigenvalue weighted by atomic mass is 32.2. The maximum absolute atomic E-state index is 11.5. The molecule has 2 aliphatic rings. The average molecular weight is 218 g/mol. The van der Waals surface area contributed by atoms with E-state index in [0.29, 0.717) is 6.54 Å². The molecule has 1 amide bonds. The molecule has 2 rings (SSSR count). The molecule has 2 N–H and O–H groups in total. The Morgan fingerprint density at radius 3 is 2.64 bits per heavy atom. The Labute approximate surface area is 83.2 Å². The van der Waals surface area contributed by atoms with Gasteiger partial charge in [0.05, 0.1) is 5.75 Å². The molecule has 80 valence electrons. The second-order valence-corrected chi connectivity index (χ2v) is 6.15. The van der Waals surface area contributed by atoms with Crippen LogP contribution in [0, 0.1) is 0 Å². The van der Waals surface area contributed by atoms with Crippen molar-refractivity contribution >= 4 is 15.7 Å². The molecule has 1 unspecified atom stereocenters. The summed E-state index contributed by atoms with van der Waals surface area (Å²) in [5.41, 5.74) is 0. The van der Waals surface area contributed by atoms with Crippen molar-refractivity contribution in [1.82, 2.24) is 10.6 Å². The van der Waals surface area contributed by atoms with E-state index in [2.05, 4.69) is 10.6 Å². The lowest BCUT2D eigenvalue weighted by Gasteiger charge is -2.22. The molecule has 1 atom stereocenters. The van der Waals surface area contributed by atoms with Crippen LogP contribution in [0.15, 0.2) is 0 Å². The summed E-state index contributed by atoms with van der Waals surface area (Å²) in [5, 5.41) is 4.77. The van der Waals surface area contributed by atoms with E-state index in [1.807, 2.05) is 0 Å². The van der Waals surface area contributed by atoms with Gasteiger partial charge in [0.25, 0.3) is 0 Å². The van der Waals surface area contributed by atoms with E-state index in [1.165, 1.54) is 0 Å². The van der Waals surface area contributed by atoms with Gasteiger partial charge in [-0.1, -0.05) is 0 Å². The van der Waals surface area contributed by atoms with Gasteiger partial charge in [-0.25, -0.2) is 8.42 Å². The molecule has 1 saturated carbocycles. The van der Waals surface area contributed by atoms with Crippen LogP contribution in [0.3, 0.4) is 0 Å². The molecule has 0 aromatic rings. The van der Waals surface area contributed by atoms with E-state index in [-0.39, 0.29) is 24.2 Å². The third-order valence-corrected chi connectivity index (χ3v) is 4.56. The summed E-state index contributed by atoms with van der Waals surface area (Å²) in [6.45, 7) is 0.705. The maximum atomic E-state index is 11.5. The number of amides is 1. The minimum atomic E-state index is -3.22.